The molecule has 0 spiro atoms. The number of aliphatic hydroxyl groups is 1. The van der Waals surface area contributed by atoms with Crippen molar-refractivity contribution in [1.82, 2.24) is 5.32 Å². The molecule has 6 nitrogen and oxygen atoms in total. The molecule has 27 heavy (non-hydrogen) atoms. The topological polar surface area (TPSA) is 78.9 Å². The molecule has 1 aliphatic heterocycles. The number of ether oxygens (including phenoxy) is 1. The molecule has 0 bridgehead atoms. The number of benzene rings is 1. The maximum absolute atomic E-state index is 12.4. The van der Waals surface area contributed by atoms with Crippen LogP contribution >= 0.6 is 0 Å². The SMILES string of the molecule is COc1cccc(N2C[C@H](C(=O)NCCC[C@H]3CCCC[C@H]3O)CC2=O)c1. The number of carbonyl (C=O) groups excluding carboxylic acids is 2. The second-order valence-corrected chi connectivity index (χ2v) is 7.65. The molecule has 2 amide bonds. The molecular weight excluding hydrogens is 344 g/mol. The van der Waals surface area contributed by atoms with Gasteiger partial charge in [0.1, 0.15) is 5.75 Å². The zero-order valence-corrected chi connectivity index (χ0v) is 16.0. The Morgan fingerprint density at radius 3 is 2.93 bits per heavy atom. The Balaban J connectivity index is 1.44. The van der Waals surface area contributed by atoms with E-state index in [-0.39, 0.29) is 30.3 Å². The molecule has 6 heteroatoms. The van der Waals surface area contributed by atoms with Gasteiger partial charge in [0.2, 0.25) is 11.8 Å². The van der Waals surface area contributed by atoms with Gasteiger partial charge in [0.05, 0.1) is 19.1 Å². The summed E-state index contributed by atoms with van der Waals surface area (Å²) in [5.74, 6) is 0.654. The third-order valence-corrected chi connectivity index (χ3v) is 5.78. The van der Waals surface area contributed by atoms with E-state index in [1.54, 1.807) is 12.0 Å². The minimum absolute atomic E-state index is 0.0336. The molecule has 1 aromatic carbocycles. The molecule has 1 aliphatic carbocycles. The summed E-state index contributed by atoms with van der Waals surface area (Å²) < 4.78 is 5.21. The number of nitrogens with zero attached hydrogens (tertiary/aromatic N) is 1. The smallest absolute Gasteiger partial charge is 0.227 e. The van der Waals surface area contributed by atoms with Gasteiger partial charge in [-0.15, -0.1) is 0 Å². The molecule has 2 fully saturated rings. The maximum atomic E-state index is 12.4. The molecule has 2 N–H and O–H groups in total. The maximum Gasteiger partial charge on any atom is 0.227 e. The highest BCUT2D eigenvalue weighted by molar-refractivity contribution is 6.00. The monoisotopic (exact) mass is 374 g/mol. The quantitative estimate of drug-likeness (QED) is 0.719. The van der Waals surface area contributed by atoms with Crippen molar-refractivity contribution in [1.29, 1.82) is 0 Å². The average Bonchev–Trinajstić information content (AvgIpc) is 3.08. The van der Waals surface area contributed by atoms with Crippen LogP contribution in [0.3, 0.4) is 0 Å². The van der Waals surface area contributed by atoms with E-state index in [1.807, 2.05) is 24.3 Å². The summed E-state index contributed by atoms with van der Waals surface area (Å²) in [6.45, 7) is 1.01. The second kappa shape index (κ2) is 9.22. The largest absolute Gasteiger partial charge is 0.497 e. The average molecular weight is 374 g/mol. The number of anilines is 1. The number of rotatable bonds is 7. The highest BCUT2D eigenvalue weighted by Crippen LogP contribution is 2.29. The first-order valence-electron chi connectivity index (χ1n) is 9.98. The Morgan fingerprint density at radius 2 is 2.15 bits per heavy atom. The Bertz CT molecular complexity index is 663. The van der Waals surface area contributed by atoms with Crippen molar-refractivity contribution in [3.8, 4) is 5.75 Å². The van der Waals surface area contributed by atoms with Crippen molar-refractivity contribution in [2.75, 3.05) is 25.1 Å². The van der Waals surface area contributed by atoms with Crippen LogP contribution in [0, 0.1) is 11.8 Å². The third-order valence-electron chi connectivity index (χ3n) is 5.78. The fourth-order valence-electron chi connectivity index (χ4n) is 4.16. The van der Waals surface area contributed by atoms with Gasteiger partial charge in [0.25, 0.3) is 0 Å². The zero-order valence-electron chi connectivity index (χ0n) is 16.0. The fraction of sp³-hybridized carbons (Fsp3) is 0.619. The van der Waals surface area contributed by atoms with Crippen LogP contribution in [0.4, 0.5) is 5.69 Å². The van der Waals surface area contributed by atoms with Crippen molar-refractivity contribution in [3.05, 3.63) is 24.3 Å². The number of aliphatic hydroxyl groups excluding tert-OH is 1. The van der Waals surface area contributed by atoms with Gasteiger partial charge >= 0.3 is 0 Å². The zero-order chi connectivity index (χ0) is 19.2. The van der Waals surface area contributed by atoms with Crippen molar-refractivity contribution in [2.24, 2.45) is 11.8 Å². The lowest BCUT2D eigenvalue weighted by Crippen LogP contribution is -2.34. The van der Waals surface area contributed by atoms with E-state index < -0.39 is 0 Å². The van der Waals surface area contributed by atoms with Crippen LogP contribution in [-0.2, 0) is 9.59 Å². The first-order valence-corrected chi connectivity index (χ1v) is 9.98. The molecule has 0 unspecified atom stereocenters. The predicted octanol–water partition coefficient (Wildman–Crippen LogP) is 2.50. The van der Waals surface area contributed by atoms with Crippen LogP contribution in [0.2, 0.25) is 0 Å². The number of methoxy groups -OCH3 is 1. The lowest BCUT2D eigenvalue weighted by Gasteiger charge is -2.27. The Labute approximate surface area is 160 Å². The number of carbonyl (C=O) groups is 2. The normalized spacial score (nSPS) is 25.5. The molecule has 1 saturated heterocycles. The molecule has 148 valence electrons. The van der Waals surface area contributed by atoms with E-state index in [0.29, 0.717) is 24.8 Å². The van der Waals surface area contributed by atoms with Crippen molar-refractivity contribution in [3.63, 3.8) is 0 Å². The number of nitrogens with one attached hydrogen (secondary N) is 1. The molecule has 1 heterocycles. The predicted molar refractivity (Wildman–Crippen MR) is 104 cm³/mol. The Hall–Kier alpha value is -2.08. The van der Waals surface area contributed by atoms with E-state index in [0.717, 1.165) is 37.8 Å². The van der Waals surface area contributed by atoms with Crippen molar-refractivity contribution < 1.29 is 19.4 Å². The van der Waals surface area contributed by atoms with E-state index in [9.17, 15) is 14.7 Å². The number of hydrogen-bond donors (Lipinski definition) is 2. The fourth-order valence-corrected chi connectivity index (χ4v) is 4.16. The van der Waals surface area contributed by atoms with Gasteiger partial charge in [-0.05, 0) is 43.7 Å². The Kier molecular flexibility index (Phi) is 6.72. The summed E-state index contributed by atoms with van der Waals surface area (Å²) >= 11 is 0. The van der Waals surface area contributed by atoms with Gasteiger partial charge in [0.15, 0.2) is 0 Å². The van der Waals surface area contributed by atoms with Gasteiger partial charge in [-0.2, -0.15) is 0 Å². The van der Waals surface area contributed by atoms with Crippen LogP contribution in [0.25, 0.3) is 0 Å². The minimum Gasteiger partial charge on any atom is -0.497 e. The molecular formula is C21H30N2O4. The molecule has 1 aromatic rings. The molecule has 2 aliphatic rings. The molecule has 0 radical (unpaired) electrons. The third kappa shape index (κ3) is 5.01. The molecule has 3 atom stereocenters. The summed E-state index contributed by atoms with van der Waals surface area (Å²) in [6.07, 6.45) is 6.17. The number of hydrogen-bond acceptors (Lipinski definition) is 4. The second-order valence-electron chi connectivity index (χ2n) is 7.65. The minimum atomic E-state index is -0.316. The van der Waals surface area contributed by atoms with Crippen LogP contribution < -0.4 is 15.0 Å². The van der Waals surface area contributed by atoms with Gasteiger partial charge in [-0.25, -0.2) is 0 Å². The highest BCUT2D eigenvalue weighted by Gasteiger charge is 2.35. The molecule has 1 saturated carbocycles. The van der Waals surface area contributed by atoms with E-state index in [4.69, 9.17) is 4.74 Å². The standard InChI is InChI=1S/C21H30N2O4/c1-27-18-9-4-8-17(13-18)23-14-16(12-20(23)25)21(26)22-11-5-7-15-6-2-3-10-19(15)24/h4,8-9,13,15-16,19,24H,2-3,5-7,10-12,14H2,1H3,(H,22,26)/t15-,16-,19-/m1/s1. The van der Waals surface area contributed by atoms with E-state index in [2.05, 4.69) is 5.32 Å². The highest BCUT2D eigenvalue weighted by atomic mass is 16.5. The van der Waals surface area contributed by atoms with Crippen molar-refractivity contribution in [2.45, 2.75) is 51.0 Å². The molecule has 3 rings (SSSR count). The summed E-state index contributed by atoms with van der Waals surface area (Å²) in [5, 5.41) is 13.0. The van der Waals surface area contributed by atoms with Crippen LogP contribution in [0.5, 0.6) is 5.75 Å². The van der Waals surface area contributed by atoms with E-state index in [1.165, 1.54) is 6.42 Å². The van der Waals surface area contributed by atoms with Crippen molar-refractivity contribution >= 4 is 17.5 Å². The van der Waals surface area contributed by atoms with Gasteiger partial charge in [-0.3, -0.25) is 9.59 Å². The lowest BCUT2D eigenvalue weighted by atomic mass is 9.83. The lowest BCUT2D eigenvalue weighted by molar-refractivity contribution is -0.126. The first-order chi connectivity index (χ1) is 13.1. The summed E-state index contributed by atoms with van der Waals surface area (Å²) in [7, 11) is 1.59. The van der Waals surface area contributed by atoms with Gasteiger partial charge < -0.3 is 20.1 Å². The first kappa shape index (κ1) is 19.7. The molecule has 0 aromatic heterocycles. The van der Waals surface area contributed by atoms with E-state index >= 15 is 0 Å². The number of amides is 2. The van der Waals surface area contributed by atoms with Gasteiger partial charge in [-0.1, -0.05) is 18.9 Å². The van der Waals surface area contributed by atoms with Gasteiger partial charge in [0, 0.05) is 31.3 Å². The summed E-state index contributed by atoms with van der Waals surface area (Å²) in [6, 6.07) is 7.34. The van der Waals surface area contributed by atoms with Crippen LogP contribution in [-0.4, -0.2) is 43.2 Å². The van der Waals surface area contributed by atoms with Crippen LogP contribution in [0.15, 0.2) is 24.3 Å². The summed E-state index contributed by atoms with van der Waals surface area (Å²) in [4.78, 5) is 26.4. The Morgan fingerprint density at radius 1 is 1.33 bits per heavy atom. The summed E-state index contributed by atoms with van der Waals surface area (Å²) in [5.41, 5.74) is 0.765. The van der Waals surface area contributed by atoms with Crippen LogP contribution in [0.1, 0.15) is 44.9 Å².